The van der Waals surface area contributed by atoms with E-state index in [2.05, 4.69) is 0 Å². The minimum absolute atomic E-state index is 0.252. The molecular formula is C13H25NO9. The number of hydrogen-bond donors (Lipinski definition) is 7. The van der Waals surface area contributed by atoms with Crippen LogP contribution in [0.3, 0.4) is 0 Å². The zero-order valence-corrected chi connectivity index (χ0v) is 12.7. The molecule has 0 radical (unpaired) electrons. The van der Waals surface area contributed by atoms with Gasteiger partial charge in [-0.05, 0) is 6.92 Å². The Morgan fingerprint density at radius 2 is 1.48 bits per heavy atom. The maximum atomic E-state index is 9.95. The summed E-state index contributed by atoms with van der Waals surface area (Å²) in [6, 6.07) is -0.742. The second-order valence-corrected chi connectivity index (χ2v) is 5.97. The Morgan fingerprint density at radius 1 is 0.870 bits per heavy atom. The van der Waals surface area contributed by atoms with Gasteiger partial charge in [0.05, 0.1) is 25.4 Å². The molecule has 10 nitrogen and oxygen atoms in total. The first-order valence-electron chi connectivity index (χ1n) is 7.47. The number of aliphatic hydroxyl groups is 6. The smallest absolute Gasteiger partial charge is 0.186 e. The average molecular weight is 339 g/mol. The summed E-state index contributed by atoms with van der Waals surface area (Å²) in [7, 11) is 0. The van der Waals surface area contributed by atoms with Crippen molar-refractivity contribution in [2.75, 3.05) is 13.2 Å². The van der Waals surface area contributed by atoms with Gasteiger partial charge in [0.15, 0.2) is 6.29 Å². The fraction of sp³-hybridized carbons (Fsp3) is 1.00. The highest BCUT2D eigenvalue weighted by Crippen LogP contribution is 2.24. The second-order valence-electron chi connectivity index (χ2n) is 5.97. The lowest BCUT2D eigenvalue weighted by Crippen LogP contribution is -2.62. The highest BCUT2D eigenvalue weighted by atomic mass is 16.7. The van der Waals surface area contributed by atoms with Crippen molar-refractivity contribution < 1.29 is 44.8 Å². The maximum absolute atomic E-state index is 9.95. The Labute approximate surface area is 133 Å². The van der Waals surface area contributed by atoms with Gasteiger partial charge in [0.25, 0.3) is 0 Å². The van der Waals surface area contributed by atoms with Crippen molar-refractivity contribution in [2.45, 2.75) is 68.1 Å². The first-order chi connectivity index (χ1) is 10.8. The molecule has 136 valence electrons. The number of hydrogen-bond acceptors (Lipinski definition) is 10. The van der Waals surface area contributed by atoms with Crippen LogP contribution < -0.4 is 5.73 Å². The summed E-state index contributed by atoms with van der Waals surface area (Å²) in [5, 5.41) is 58.1. The molecule has 0 spiro atoms. The van der Waals surface area contributed by atoms with Crippen molar-refractivity contribution in [3.05, 3.63) is 0 Å². The molecule has 10 heteroatoms. The molecular weight excluding hydrogens is 314 g/mol. The van der Waals surface area contributed by atoms with Gasteiger partial charge >= 0.3 is 0 Å². The number of aliphatic hydroxyl groups excluding tert-OH is 6. The molecule has 8 N–H and O–H groups in total. The van der Waals surface area contributed by atoms with Crippen molar-refractivity contribution >= 4 is 0 Å². The van der Waals surface area contributed by atoms with Gasteiger partial charge in [-0.2, -0.15) is 0 Å². The lowest BCUT2D eigenvalue weighted by Gasteiger charge is -2.42. The molecule has 2 aliphatic heterocycles. The van der Waals surface area contributed by atoms with Crippen LogP contribution in [0.1, 0.15) is 6.92 Å². The summed E-state index contributed by atoms with van der Waals surface area (Å²) in [5.74, 6) is 0. The van der Waals surface area contributed by atoms with E-state index in [-0.39, 0.29) is 6.61 Å². The minimum Gasteiger partial charge on any atom is -0.394 e. The van der Waals surface area contributed by atoms with E-state index in [9.17, 15) is 25.5 Å². The van der Waals surface area contributed by atoms with Crippen LogP contribution in [0, 0.1) is 0 Å². The van der Waals surface area contributed by atoms with Crippen molar-refractivity contribution in [3.8, 4) is 0 Å². The summed E-state index contributed by atoms with van der Waals surface area (Å²) in [4.78, 5) is 0. The van der Waals surface area contributed by atoms with Gasteiger partial charge in [0, 0.05) is 0 Å². The molecule has 4 unspecified atom stereocenters. The molecule has 0 amide bonds. The highest BCUT2D eigenvalue weighted by molar-refractivity contribution is 4.93. The minimum atomic E-state index is -1.55. The zero-order valence-electron chi connectivity index (χ0n) is 12.7. The third-order valence-electron chi connectivity index (χ3n) is 4.33. The lowest BCUT2D eigenvalue weighted by molar-refractivity contribution is -0.311. The van der Waals surface area contributed by atoms with Gasteiger partial charge in [-0.15, -0.1) is 0 Å². The van der Waals surface area contributed by atoms with E-state index in [1.54, 1.807) is 6.92 Å². The molecule has 10 atom stereocenters. The van der Waals surface area contributed by atoms with Crippen LogP contribution in [0.2, 0.25) is 0 Å². The van der Waals surface area contributed by atoms with Crippen LogP contribution >= 0.6 is 0 Å². The fourth-order valence-corrected chi connectivity index (χ4v) is 2.70. The average Bonchev–Trinajstić information content (AvgIpc) is 2.54. The van der Waals surface area contributed by atoms with Crippen molar-refractivity contribution in [1.82, 2.24) is 0 Å². The summed E-state index contributed by atoms with van der Waals surface area (Å²) in [6.45, 7) is 0.816. The van der Waals surface area contributed by atoms with Gasteiger partial charge < -0.3 is 50.6 Å². The topological polar surface area (TPSA) is 175 Å². The standard InChI is InChI=1S/C13H25NO9/c1-4-7(14)10(18)9(17)6(22-4)3-21-13-12(20)11(19)8(16)5(2-15)23-13/h4-13,15-20H,2-3,14H2,1H3/t4-,5?,6?,7?,8+,9-,10-,11+,12?,13+/m1/s1. The molecule has 0 bridgehead atoms. The van der Waals surface area contributed by atoms with Crippen LogP contribution in [0.15, 0.2) is 0 Å². The Bertz CT molecular complexity index is 384. The molecule has 2 rings (SSSR count). The van der Waals surface area contributed by atoms with E-state index >= 15 is 0 Å². The summed E-state index contributed by atoms with van der Waals surface area (Å²) < 4.78 is 15.9. The van der Waals surface area contributed by atoms with E-state index in [0.29, 0.717) is 0 Å². The van der Waals surface area contributed by atoms with E-state index in [4.69, 9.17) is 25.1 Å². The van der Waals surface area contributed by atoms with Crippen molar-refractivity contribution in [3.63, 3.8) is 0 Å². The molecule has 2 aliphatic rings. The van der Waals surface area contributed by atoms with Crippen LogP contribution in [-0.2, 0) is 14.2 Å². The van der Waals surface area contributed by atoms with E-state index in [1.165, 1.54) is 0 Å². The third kappa shape index (κ3) is 3.82. The van der Waals surface area contributed by atoms with Gasteiger partial charge in [-0.3, -0.25) is 0 Å². The van der Waals surface area contributed by atoms with E-state index < -0.39 is 67.8 Å². The van der Waals surface area contributed by atoms with E-state index in [0.717, 1.165) is 0 Å². The lowest BCUT2D eigenvalue weighted by atomic mass is 9.94. The van der Waals surface area contributed by atoms with Crippen molar-refractivity contribution in [1.29, 1.82) is 0 Å². The predicted molar refractivity (Wildman–Crippen MR) is 74.0 cm³/mol. The molecule has 0 aliphatic carbocycles. The first-order valence-corrected chi connectivity index (χ1v) is 7.47. The predicted octanol–water partition coefficient (Wildman–Crippen LogP) is -4.36. The van der Waals surface area contributed by atoms with Gasteiger partial charge in [0.2, 0.25) is 0 Å². The Morgan fingerprint density at radius 3 is 2.09 bits per heavy atom. The van der Waals surface area contributed by atoms with Gasteiger partial charge in [0.1, 0.15) is 42.7 Å². The monoisotopic (exact) mass is 339 g/mol. The molecule has 0 aromatic rings. The largest absolute Gasteiger partial charge is 0.394 e. The number of rotatable bonds is 4. The molecule has 0 aromatic carbocycles. The third-order valence-corrected chi connectivity index (χ3v) is 4.33. The fourth-order valence-electron chi connectivity index (χ4n) is 2.70. The Kier molecular flexibility index (Phi) is 6.30. The first kappa shape index (κ1) is 18.9. The molecule has 23 heavy (non-hydrogen) atoms. The number of ether oxygens (including phenoxy) is 3. The van der Waals surface area contributed by atoms with Crippen LogP contribution in [0.4, 0.5) is 0 Å². The van der Waals surface area contributed by atoms with Gasteiger partial charge in [-0.1, -0.05) is 0 Å². The quantitative estimate of drug-likeness (QED) is 0.265. The molecule has 2 fully saturated rings. The normalized spacial score (nSPS) is 51.7. The maximum Gasteiger partial charge on any atom is 0.186 e. The summed E-state index contributed by atoms with van der Waals surface area (Å²) >= 11 is 0. The second kappa shape index (κ2) is 7.66. The Balaban J connectivity index is 1.94. The molecule has 0 saturated carbocycles. The Hall–Kier alpha value is -0.400. The SMILES string of the molecule is C[C@H]1OC(CO[C@H]2OC(CO)[C@H](O)[C@H](O)C2O)[C@@H](O)[C@H](O)C1N. The van der Waals surface area contributed by atoms with Crippen LogP contribution in [0.25, 0.3) is 0 Å². The summed E-state index contributed by atoms with van der Waals surface area (Å²) in [6.07, 6.45) is -10.9. The zero-order chi connectivity index (χ0) is 17.3. The molecule has 2 saturated heterocycles. The van der Waals surface area contributed by atoms with Gasteiger partial charge in [-0.25, -0.2) is 0 Å². The highest BCUT2D eigenvalue weighted by Gasteiger charge is 2.46. The van der Waals surface area contributed by atoms with Crippen LogP contribution in [0.5, 0.6) is 0 Å². The number of nitrogens with two attached hydrogens (primary N) is 1. The molecule has 2 heterocycles. The van der Waals surface area contributed by atoms with Crippen LogP contribution in [-0.4, -0.2) is 105 Å². The summed E-state index contributed by atoms with van der Waals surface area (Å²) in [5.41, 5.74) is 5.68. The van der Waals surface area contributed by atoms with Crippen molar-refractivity contribution in [2.24, 2.45) is 5.73 Å². The molecule has 0 aromatic heterocycles. The van der Waals surface area contributed by atoms with E-state index in [1.807, 2.05) is 0 Å².